The Morgan fingerprint density at radius 3 is 2.83 bits per heavy atom. The quantitative estimate of drug-likeness (QED) is 0.629. The maximum atomic E-state index is 13.0. The molecule has 1 aromatic carbocycles. The van der Waals surface area contributed by atoms with Crippen LogP contribution in [-0.2, 0) is 19.1 Å². The van der Waals surface area contributed by atoms with Crippen molar-refractivity contribution >= 4 is 11.9 Å². The minimum absolute atomic E-state index is 0.0244. The van der Waals surface area contributed by atoms with Crippen molar-refractivity contribution in [3.05, 3.63) is 48.0 Å². The highest BCUT2D eigenvalue weighted by molar-refractivity contribution is 5.91. The van der Waals surface area contributed by atoms with E-state index in [1.807, 2.05) is 54.3 Å². The number of carbonyl (C=O) groups excluding carboxylic acids is 2. The topological polar surface area (TPSA) is 55.8 Å². The van der Waals surface area contributed by atoms with Crippen LogP contribution in [0.3, 0.4) is 0 Å². The molecule has 120 valence electrons. The molecule has 5 atom stereocenters. The molecule has 1 spiro atoms. The molecule has 5 unspecified atom stereocenters. The van der Waals surface area contributed by atoms with E-state index in [0.29, 0.717) is 6.54 Å². The number of hydrogen-bond donors (Lipinski definition) is 0. The third-order valence-corrected chi connectivity index (χ3v) is 5.35. The molecule has 3 aliphatic rings. The average Bonchev–Trinajstić information content (AvgIpc) is 3.22. The van der Waals surface area contributed by atoms with Gasteiger partial charge in [-0.1, -0.05) is 42.5 Å². The number of nitrogens with zero attached hydrogens (tertiary/aromatic N) is 1. The van der Waals surface area contributed by atoms with Crippen molar-refractivity contribution in [3.63, 3.8) is 0 Å². The molecule has 5 nitrogen and oxygen atoms in total. The summed E-state index contributed by atoms with van der Waals surface area (Å²) in [5.41, 5.74) is 0.397. The van der Waals surface area contributed by atoms with Crippen LogP contribution in [0.25, 0.3) is 0 Å². The Bertz CT molecular complexity index is 686. The lowest BCUT2D eigenvalue weighted by Gasteiger charge is -2.27. The van der Waals surface area contributed by atoms with E-state index in [1.165, 1.54) is 7.11 Å². The zero-order valence-electron chi connectivity index (χ0n) is 13.1. The fraction of sp³-hybridized carbons (Fsp3) is 0.444. The second-order valence-corrected chi connectivity index (χ2v) is 6.48. The van der Waals surface area contributed by atoms with Crippen LogP contribution in [0.15, 0.2) is 42.5 Å². The van der Waals surface area contributed by atoms with Gasteiger partial charge in [0, 0.05) is 0 Å². The summed E-state index contributed by atoms with van der Waals surface area (Å²) >= 11 is 0. The summed E-state index contributed by atoms with van der Waals surface area (Å²) in [7, 11) is 1.36. The van der Waals surface area contributed by atoms with Gasteiger partial charge in [0.15, 0.2) is 0 Å². The van der Waals surface area contributed by atoms with Crippen LogP contribution in [0.2, 0.25) is 0 Å². The largest absolute Gasteiger partial charge is 0.469 e. The standard InChI is InChI=1S/C18H19NO4/c1-11(12-6-4-3-5-7-12)19-10-18-9-8-13(23-18)14(17(21)22-2)15(18)16(19)20/h3-9,11,13-15H,10H2,1-2H3. The Kier molecular flexibility index (Phi) is 3.10. The molecule has 3 heterocycles. The maximum absolute atomic E-state index is 13.0. The normalized spacial score (nSPS) is 35.5. The van der Waals surface area contributed by atoms with Crippen molar-refractivity contribution in [1.29, 1.82) is 0 Å². The summed E-state index contributed by atoms with van der Waals surface area (Å²) < 4.78 is 10.9. The van der Waals surface area contributed by atoms with Gasteiger partial charge in [-0.3, -0.25) is 9.59 Å². The van der Waals surface area contributed by atoms with E-state index in [0.717, 1.165) is 5.56 Å². The second-order valence-electron chi connectivity index (χ2n) is 6.48. The fourth-order valence-corrected chi connectivity index (χ4v) is 4.17. The molecular weight excluding hydrogens is 294 g/mol. The van der Waals surface area contributed by atoms with Crippen LogP contribution in [-0.4, -0.2) is 42.1 Å². The number of carbonyl (C=O) groups is 2. The summed E-state index contributed by atoms with van der Waals surface area (Å²) in [6.45, 7) is 2.49. The summed E-state index contributed by atoms with van der Waals surface area (Å²) in [6.07, 6.45) is 3.50. The highest BCUT2D eigenvalue weighted by Crippen LogP contribution is 2.53. The first-order valence-corrected chi connectivity index (χ1v) is 7.88. The van der Waals surface area contributed by atoms with E-state index >= 15 is 0 Å². The smallest absolute Gasteiger partial charge is 0.312 e. The van der Waals surface area contributed by atoms with Crippen LogP contribution in [0.1, 0.15) is 18.5 Å². The van der Waals surface area contributed by atoms with Crippen molar-refractivity contribution in [3.8, 4) is 0 Å². The van der Waals surface area contributed by atoms with Gasteiger partial charge in [-0.2, -0.15) is 0 Å². The van der Waals surface area contributed by atoms with Crippen molar-refractivity contribution in [2.45, 2.75) is 24.7 Å². The van der Waals surface area contributed by atoms with Gasteiger partial charge in [-0.25, -0.2) is 0 Å². The number of likely N-dealkylation sites (tertiary alicyclic amines) is 1. The summed E-state index contributed by atoms with van der Waals surface area (Å²) in [5, 5.41) is 0. The monoisotopic (exact) mass is 313 g/mol. The summed E-state index contributed by atoms with van der Waals surface area (Å²) in [5.74, 6) is -1.40. The molecule has 1 aromatic rings. The number of hydrogen-bond acceptors (Lipinski definition) is 4. The number of rotatable bonds is 3. The molecule has 1 amide bonds. The molecule has 4 rings (SSSR count). The molecule has 2 saturated heterocycles. The van der Waals surface area contributed by atoms with E-state index in [-0.39, 0.29) is 24.0 Å². The molecule has 5 heteroatoms. The molecule has 0 aromatic heterocycles. The molecule has 2 bridgehead atoms. The van der Waals surface area contributed by atoms with Gasteiger partial charge < -0.3 is 14.4 Å². The first-order chi connectivity index (χ1) is 11.1. The second kappa shape index (κ2) is 4.93. The van der Waals surface area contributed by atoms with E-state index in [9.17, 15) is 9.59 Å². The van der Waals surface area contributed by atoms with Gasteiger partial charge in [0.05, 0.1) is 31.7 Å². The number of fused-ring (bicyclic) bond motifs is 1. The Morgan fingerprint density at radius 1 is 1.39 bits per heavy atom. The Balaban J connectivity index is 1.67. The van der Waals surface area contributed by atoms with Gasteiger partial charge in [0.1, 0.15) is 11.5 Å². The number of methoxy groups -OCH3 is 1. The highest BCUT2D eigenvalue weighted by atomic mass is 16.5. The first-order valence-electron chi connectivity index (χ1n) is 7.88. The zero-order chi connectivity index (χ0) is 16.2. The van der Waals surface area contributed by atoms with Gasteiger partial charge in [-0.05, 0) is 12.5 Å². The number of ether oxygens (including phenoxy) is 2. The van der Waals surface area contributed by atoms with Crippen LogP contribution in [0, 0.1) is 11.8 Å². The van der Waals surface area contributed by atoms with E-state index < -0.39 is 17.4 Å². The van der Waals surface area contributed by atoms with Gasteiger partial charge in [0.2, 0.25) is 5.91 Å². The van der Waals surface area contributed by atoms with Gasteiger partial charge in [0.25, 0.3) is 0 Å². The number of amides is 1. The summed E-state index contributed by atoms with van der Waals surface area (Å²) in [6, 6.07) is 9.84. The number of esters is 1. The van der Waals surface area contributed by atoms with E-state index in [2.05, 4.69) is 0 Å². The highest BCUT2D eigenvalue weighted by Gasteiger charge is 2.67. The number of benzene rings is 1. The Labute approximate surface area is 134 Å². The van der Waals surface area contributed by atoms with Crippen molar-refractivity contribution < 1.29 is 19.1 Å². The summed E-state index contributed by atoms with van der Waals surface area (Å²) in [4.78, 5) is 27.0. The lowest BCUT2D eigenvalue weighted by molar-refractivity contribution is -0.151. The van der Waals surface area contributed by atoms with Gasteiger partial charge in [-0.15, -0.1) is 0 Å². The van der Waals surface area contributed by atoms with E-state index in [4.69, 9.17) is 9.47 Å². The molecule has 0 N–H and O–H groups in total. The van der Waals surface area contributed by atoms with Crippen molar-refractivity contribution in [1.82, 2.24) is 4.90 Å². The average molecular weight is 313 g/mol. The van der Waals surface area contributed by atoms with Crippen LogP contribution in [0.5, 0.6) is 0 Å². The minimum Gasteiger partial charge on any atom is -0.469 e. The molecular formula is C18H19NO4. The minimum atomic E-state index is -0.677. The molecule has 0 radical (unpaired) electrons. The SMILES string of the molecule is COC(=O)C1C2C=CC3(CN(C(C)c4ccccc4)C(=O)C13)O2. The molecule has 23 heavy (non-hydrogen) atoms. The fourth-order valence-electron chi connectivity index (χ4n) is 4.17. The predicted octanol–water partition coefficient (Wildman–Crippen LogP) is 1.70. The third-order valence-electron chi connectivity index (χ3n) is 5.35. The molecule has 0 saturated carbocycles. The maximum Gasteiger partial charge on any atom is 0.312 e. The van der Waals surface area contributed by atoms with Gasteiger partial charge >= 0.3 is 5.97 Å². The predicted molar refractivity (Wildman–Crippen MR) is 82.3 cm³/mol. The van der Waals surface area contributed by atoms with Crippen LogP contribution < -0.4 is 0 Å². The Hall–Kier alpha value is -2.14. The molecule has 2 fully saturated rings. The lowest BCUT2D eigenvalue weighted by atomic mass is 9.77. The van der Waals surface area contributed by atoms with Crippen molar-refractivity contribution in [2.24, 2.45) is 11.8 Å². The lowest BCUT2D eigenvalue weighted by Crippen LogP contribution is -2.39. The van der Waals surface area contributed by atoms with E-state index in [1.54, 1.807) is 0 Å². The zero-order valence-corrected chi connectivity index (χ0v) is 13.1. The van der Waals surface area contributed by atoms with Crippen molar-refractivity contribution in [2.75, 3.05) is 13.7 Å². The molecule has 3 aliphatic heterocycles. The third kappa shape index (κ3) is 1.89. The van der Waals surface area contributed by atoms with Crippen LogP contribution >= 0.6 is 0 Å². The first kappa shape index (κ1) is 14.5. The Morgan fingerprint density at radius 2 is 2.13 bits per heavy atom. The molecule has 0 aliphatic carbocycles. The van der Waals surface area contributed by atoms with Crippen LogP contribution in [0.4, 0.5) is 0 Å².